The van der Waals surface area contributed by atoms with Gasteiger partial charge in [-0.25, -0.2) is 9.97 Å². The van der Waals surface area contributed by atoms with Crippen LogP contribution in [0.5, 0.6) is 0 Å². The lowest BCUT2D eigenvalue weighted by Gasteiger charge is -2.26. The minimum Gasteiger partial charge on any atom is -0.424 e. The smallest absolute Gasteiger partial charge is 0.232 e. The first-order valence-corrected chi connectivity index (χ1v) is 12.5. The van der Waals surface area contributed by atoms with Crippen LogP contribution in [0.2, 0.25) is 0 Å². The van der Waals surface area contributed by atoms with Gasteiger partial charge in [-0.15, -0.1) is 10.2 Å². The van der Waals surface area contributed by atoms with Crippen molar-refractivity contribution in [3.8, 4) is 0 Å². The number of nitrogens with one attached hydrogen (secondary N) is 4. The summed E-state index contributed by atoms with van der Waals surface area (Å²) in [4.78, 5) is 24.0. The first kappa shape index (κ1) is 21.3. The molecule has 2 aliphatic carbocycles. The zero-order chi connectivity index (χ0) is 24.1. The predicted octanol–water partition coefficient (Wildman–Crippen LogP) is 1.12. The van der Waals surface area contributed by atoms with Crippen LogP contribution in [0.4, 0.5) is 5.95 Å². The van der Waals surface area contributed by atoms with Gasteiger partial charge in [0, 0.05) is 36.5 Å². The molecule has 0 spiro atoms. The van der Waals surface area contributed by atoms with E-state index in [1.807, 2.05) is 6.20 Å². The average molecular weight is 486 g/mol. The minimum atomic E-state index is -0.0383. The molecule has 7 rings (SSSR count). The van der Waals surface area contributed by atoms with Gasteiger partial charge in [0.05, 0.1) is 23.9 Å². The number of hydrogen-bond donors (Lipinski definition) is 4. The summed E-state index contributed by atoms with van der Waals surface area (Å²) >= 11 is 0. The molecule has 36 heavy (non-hydrogen) atoms. The summed E-state index contributed by atoms with van der Waals surface area (Å²) in [5, 5.41) is 12.0. The number of rotatable bonds is 5. The fourth-order valence-corrected chi connectivity index (χ4v) is 5.65. The first-order valence-electron chi connectivity index (χ1n) is 12.5. The normalized spacial score (nSPS) is 20.6. The number of benzene rings is 1. The van der Waals surface area contributed by atoms with Crippen molar-refractivity contribution in [3.05, 3.63) is 76.0 Å². The molecule has 4 aliphatic rings. The molecule has 0 fully saturated rings. The number of carbonyl (C=O) groups is 1. The Balaban J connectivity index is 0.999. The molecule has 0 saturated carbocycles. The summed E-state index contributed by atoms with van der Waals surface area (Å²) in [5.41, 5.74) is 15.9. The van der Waals surface area contributed by atoms with Crippen LogP contribution in [-0.2, 0) is 30.5 Å². The quantitative estimate of drug-likeness (QED) is 0.417. The second-order valence-electron chi connectivity index (χ2n) is 9.81. The molecular weight excluding hydrogens is 458 g/mol. The van der Waals surface area contributed by atoms with Gasteiger partial charge in [-0.1, -0.05) is 24.3 Å². The molecule has 11 heteroatoms. The highest BCUT2D eigenvalue weighted by Crippen LogP contribution is 2.37. The number of hydrogen-bond acceptors (Lipinski definition) is 10. The summed E-state index contributed by atoms with van der Waals surface area (Å²) in [7, 11) is 0. The molecular formula is C25H27N9O2. The van der Waals surface area contributed by atoms with Gasteiger partial charge in [0.2, 0.25) is 23.6 Å². The van der Waals surface area contributed by atoms with Gasteiger partial charge >= 0.3 is 0 Å². The zero-order valence-electron chi connectivity index (χ0n) is 19.8. The van der Waals surface area contributed by atoms with Crippen LogP contribution >= 0.6 is 0 Å². The van der Waals surface area contributed by atoms with Crippen LogP contribution in [0.3, 0.4) is 0 Å². The van der Waals surface area contributed by atoms with Gasteiger partial charge < -0.3 is 25.5 Å². The maximum absolute atomic E-state index is 12.8. The van der Waals surface area contributed by atoms with Gasteiger partial charge in [-0.05, 0) is 36.8 Å². The molecule has 0 radical (unpaired) electrons. The average Bonchev–Trinajstić information content (AvgIpc) is 3.68. The standard InChI is InChI=1S/C25H27N9O2/c35-23(34-8-7-20-21(13-34)30-33-29-20)11-22-31-32-24(36-22)17-5-6-19-18(17)12-26-25(28-19)27-16-9-14-3-1-2-4-15(14)10-16/h1-4,12,16-17,29-30,33H,5-11,13H2,(H,26,27,28). The van der Waals surface area contributed by atoms with Crippen molar-refractivity contribution >= 4 is 11.9 Å². The van der Waals surface area contributed by atoms with Crippen molar-refractivity contribution in [2.75, 3.05) is 18.4 Å². The zero-order valence-corrected chi connectivity index (χ0v) is 19.8. The Hall–Kier alpha value is -3.99. The number of aryl methyl sites for hydroxylation is 1. The molecule has 3 aromatic rings. The van der Waals surface area contributed by atoms with E-state index in [0.29, 0.717) is 36.9 Å². The molecule has 4 heterocycles. The Morgan fingerprint density at radius 3 is 2.81 bits per heavy atom. The summed E-state index contributed by atoms with van der Waals surface area (Å²) in [5.74, 6) is 1.49. The van der Waals surface area contributed by atoms with E-state index in [1.54, 1.807) is 4.90 Å². The fraction of sp³-hybridized carbons (Fsp3) is 0.400. The molecule has 1 atom stereocenters. The van der Waals surface area contributed by atoms with E-state index in [1.165, 1.54) is 11.1 Å². The predicted molar refractivity (Wildman–Crippen MR) is 129 cm³/mol. The van der Waals surface area contributed by atoms with Crippen LogP contribution in [-0.4, -0.2) is 50.1 Å². The molecule has 1 unspecified atom stereocenters. The summed E-state index contributed by atoms with van der Waals surface area (Å²) in [6, 6.07) is 8.89. The second kappa shape index (κ2) is 8.59. The second-order valence-corrected chi connectivity index (χ2v) is 9.81. The van der Waals surface area contributed by atoms with Crippen molar-refractivity contribution < 1.29 is 9.21 Å². The highest BCUT2D eigenvalue weighted by Gasteiger charge is 2.32. The highest BCUT2D eigenvalue weighted by molar-refractivity contribution is 5.78. The van der Waals surface area contributed by atoms with Crippen molar-refractivity contribution in [3.63, 3.8) is 0 Å². The largest absolute Gasteiger partial charge is 0.424 e. The first-order chi connectivity index (χ1) is 17.7. The van der Waals surface area contributed by atoms with E-state index in [9.17, 15) is 4.79 Å². The van der Waals surface area contributed by atoms with Crippen molar-refractivity contribution in [2.45, 2.75) is 50.5 Å². The fourth-order valence-electron chi connectivity index (χ4n) is 5.65. The summed E-state index contributed by atoms with van der Waals surface area (Å²) in [6.45, 7) is 1.19. The topological polar surface area (TPSA) is 133 Å². The number of fused-ring (bicyclic) bond motifs is 2. The number of amides is 1. The Morgan fingerprint density at radius 1 is 1.11 bits per heavy atom. The van der Waals surface area contributed by atoms with E-state index in [-0.39, 0.29) is 18.2 Å². The van der Waals surface area contributed by atoms with Crippen molar-refractivity contribution in [1.29, 1.82) is 0 Å². The van der Waals surface area contributed by atoms with Crippen molar-refractivity contribution in [2.24, 2.45) is 0 Å². The van der Waals surface area contributed by atoms with Gasteiger partial charge in [0.25, 0.3) is 0 Å². The Kier molecular flexibility index (Phi) is 5.09. The van der Waals surface area contributed by atoms with Gasteiger partial charge in [-0.2, -0.15) is 5.53 Å². The summed E-state index contributed by atoms with van der Waals surface area (Å²) in [6.07, 6.45) is 6.41. The number of aromatic nitrogens is 4. The van der Waals surface area contributed by atoms with E-state index in [4.69, 9.17) is 9.40 Å². The molecule has 11 nitrogen and oxygen atoms in total. The lowest BCUT2D eigenvalue weighted by Crippen LogP contribution is -2.40. The van der Waals surface area contributed by atoms with Gasteiger partial charge in [0.15, 0.2) is 0 Å². The molecule has 0 saturated heterocycles. The molecule has 1 aromatic carbocycles. The van der Waals surface area contributed by atoms with E-state index in [0.717, 1.165) is 54.8 Å². The molecule has 184 valence electrons. The van der Waals surface area contributed by atoms with Crippen LogP contribution in [0, 0.1) is 0 Å². The SMILES string of the molecule is O=C(Cc1nnc(C2CCc3nc(NC4Cc5ccccc5C4)ncc32)o1)N1CCC2=C(C1)NNN2. The Morgan fingerprint density at radius 2 is 1.94 bits per heavy atom. The lowest BCUT2D eigenvalue weighted by molar-refractivity contribution is -0.130. The third kappa shape index (κ3) is 3.85. The third-order valence-corrected chi connectivity index (χ3v) is 7.54. The molecule has 4 N–H and O–H groups in total. The number of anilines is 1. The minimum absolute atomic E-state index is 0.0228. The molecule has 0 bridgehead atoms. The Labute approximate surface area is 207 Å². The number of carbonyl (C=O) groups excluding carboxylic acids is 1. The number of nitrogens with zero attached hydrogens (tertiary/aromatic N) is 5. The van der Waals surface area contributed by atoms with Crippen LogP contribution in [0.1, 0.15) is 52.9 Å². The maximum Gasteiger partial charge on any atom is 0.232 e. The maximum atomic E-state index is 12.8. The lowest BCUT2D eigenvalue weighted by atomic mass is 10.0. The summed E-state index contributed by atoms with van der Waals surface area (Å²) < 4.78 is 5.95. The molecule has 2 aromatic heterocycles. The number of hydrazine groups is 2. The van der Waals surface area contributed by atoms with E-state index in [2.05, 4.69) is 61.1 Å². The van der Waals surface area contributed by atoms with E-state index >= 15 is 0 Å². The van der Waals surface area contributed by atoms with Crippen LogP contribution in [0.15, 0.2) is 46.3 Å². The molecule has 2 aliphatic heterocycles. The Bertz CT molecular complexity index is 1340. The van der Waals surface area contributed by atoms with Crippen LogP contribution in [0.25, 0.3) is 0 Å². The molecule has 1 amide bonds. The van der Waals surface area contributed by atoms with Crippen molar-refractivity contribution in [1.82, 2.24) is 41.5 Å². The highest BCUT2D eigenvalue weighted by atomic mass is 16.4. The van der Waals surface area contributed by atoms with Gasteiger partial charge in [0.1, 0.15) is 6.42 Å². The van der Waals surface area contributed by atoms with E-state index < -0.39 is 0 Å². The van der Waals surface area contributed by atoms with Crippen LogP contribution < -0.4 is 21.7 Å². The monoisotopic (exact) mass is 485 g/mol. The third-order valence-electron chi connectivity index (χ3n) is 7.54. The van der Waals surface area contributed by atoms with Gasteiger partial charge in [-0.3, -0.25) is 4.79 Å².